The average Bonchev–Trinajstić information content (AvgIpc) is 3.03. The molecule has 1 unspecified atom stereocenters. The Morgan fingerprint density at radius 1 is 1.09 bits per heavy atom. The van der Waals surface area contributed by atoms with Crippen molar-refractivity contribution < 1.29 is 24.2 Å². The second kappa shape index (κ2) is 10.7. The molecule has 0 radical (unpaired) electrons. The smallest absolute Gasteiger partial charge is 0.295 e. The summed E-state index contributed by atoms with van der Waals surface area (Å²) in [5, 5.41) is 11.3. The maximum absolute atomic E-state index is 13.1. The van der Waals surface area contributed by atoms with E-state index in [0.29, 0.717) is 43.4 Å². The van der Waals surface area contributed by atoms with Crippen LogP contribution in [0.4, 0.5) is 0 Å². The summed E-state index contributed by atoms with van der Waals surface area (Å²) in [6, 6.07) is 12.4. The lowest BCUT2D eigenvalue weighted by Gasteiger charge is -2.25. The molecular weight excluding hydrogens is 418 g/mol. The molecule has 1 N–H and O–H groups in total. The van der Waals surface area contributed by atoms with Gasteiger partial charge in [0.2, 0.25) is 0 Å². The number of rotatable bonds is 9. The molecule has 176 valence electrons. The lowest BCUT2D eigenvalue weighted by molar-refractivity contribution is -0.140. The number of amides is 1. The van der Waals surface area contributed by atoms with Crippen molar-refractivity contribution in [3.8, 4) is 5.75 Å². The Hall–Kier alpha value is -3.12. The molecule has 6 nitrogen and oxygen atoms in total. The number of ether oxygens (including phenoxy) is 2. The van der Waals surface area contributed by atoms with Gasteiger partial charge >= 0.3 is 0 Å². The highest BCUT2D eigenvalue weighted by Gasteiger charge is 2.45. The van der Waals surface area contributed by atoms with E-state index in [1.165, 1.54) is 4.90 Å². The zero-order valence-electron chi connectivity index (χ0n) is 20.1. The quantitative estimate of drug-likeness (QED) is 0.257. The Kier molecular flexibility index (Phi) is 7.92. The first kappa shape index (κ1) is 24.5. The third-order valence-electron chi connectivity index (χ3n) is 5.72. The number of methoxy groups -OCH3 is 1. The maximum Gasteiger partial charge on any atom is 0.295 e. The van der Waals surface area contributed by atoms with E-state index < -0.39 is 17.7 Å². The summed E-state index contributed by atoms with van der Waals surface area (Å²) in [4.78, 5) is 27.6. The fourth-order valence-electron chi connectivity index (χ4n) is 3.98. The van der Waals surface area contributed by atoms with Gasteiger partial charge in [-0.3, -0.25) is 9.59 Å². The van der Waals surface area contributed by atoms with Gasteiger partial charge in [0, 0.05) is 25.8 Å². The summed E-state index contributed by atoms with van der Waals surface area (Å²) in [5.74, 6) is -0.348. The largest absolute Gasteiger partial charge is 0.507 e. The number of carbonyl (C=O) groups is 2. The number of aliphatic hydroxyl groups excluding tert-OH is 1. The monoisotopic (exact) mass is 451 g/mol. The van der Waals surface area contributed by atoms with E-state index in [0.717, 1.165) is 16.7 Å². The molecule has 33 heavy (non-hydrogen) atoms. The van der Waals surface area contributed by atoms with Crippen LogP contribution >= 0.6 is 0 Å². The summed E-state index contributed by atoms with van der Waals surface area (Å²) < 4.78 is 10.9. The molecule has 1 aliphatic rings. The van der Waals surface area contributed by atoms with Gasteiger partial charge in [-0.25, -0.2) is 0 Å². The molecule has 0 aromatic heterocycles. The molecule has 0 aliphatic carbocycles. The van der Waals surface area contributed by atoms with Gasteiger partial charge in [-0.1, -0.05) is 43.7 Å². The van der Waals surface area contributed by atoms with Crippen molar-refractivity contribution in [2.24, 2.45) is 5.92 Å². The van der Waals surface area contributed by atoms with Gasteiger partial charge in [0.25, 0.3) is 11.7 Å². The van der Waals surface area contributed by atoms with E-state index in [9.17, 15) is 14.7 Å². The topological polar surface area (TPSA) is 76.1 Å². The molecule has 1 amide bonds. The minimum atomic E-state index is -0.671. The van der Waals surface area contributed by atoms with Crippen LogP contribution in [0, 0.1) is 19.8 Å². The van der Waals surface area contributed by atoms with Crippen molar-refractivity contribution in [1.29, 1.82) is 0 Å². The van der Waals surface area contributed by atoms with Crippen LogP contribution in [-0.2, 0) is 14.3 Å². The van der Waals surface area contributed by atoms with E-state index in [2.05, 4.69) is 13.8 Å². The average molecular weight is 452 g/mol. The molecule has 0 spiro atoms. The zero-order valence-corrected chi connectivity index (χ0v) is 20.1. The third-order valence-corrected chi connectivity index (χ3v) is 5.72. The number of carbonyl (C=O) groups excluding carboxylic acids is 2. The van der Waals surface area contributed by atoms with E-state index in [1.807, 2.05) is 44.2 Å². The molecule has 0 bridgehead atoms. The van der Waals surface area contributed by atoms with Crippen LogP contribution < -0.4 is 4.74 Å². The van der Waals surface area contributed by atoms with Crippen LogP contribution in [0.15, 0.2) is 48.0 Å². The molecule has 1 aliphatic heterocycles. The number of hydrogen-bond donors (Lipinski definition) is 1. The highest BCUT2D eigenvalue weighted by Crippen LogP contribution is 2.40. The number of aliphatic hydroxyl groups is 1. The van der Waals surface area contributed by atoms with E-state index in [4.69, 9.17) is 9.47 Å². The van der Waals surface area contributed by atoms with Crippen molar-refractivity contribution in [3.05, 3.63) is 70.3 Å². The summed E-state index contributed by atoms with van der Waals surface area (Å²) in [5.41, 5.74) is 3.25. The molecule has 1 atom stereocenters. The number of ketones is 1. The first-order valence-corrected chi connectivity index (χ1v) is 11.3. The third kappa shape index (κ3) is 5.45. The Morgan fingerprint density at radius 2 is 1.79 bits per heavy atom. The van der Waals surface area contributed by atoms with E-state index >= 15 is 0 Å². The van der Waals surface area contributed by atoms with Gasteiger partial charge in [-0.15, -0.1) is 0 Å². The summed E-state index contributed by atoms with van der Waals surface area (Å²) >= 11 is 0. The SMILES string of the molecule is COCCCN1C(=O)C(=O)/C(=C(/O)c2ccc(OCC(C)C)cc2C)C1c1ccc(C)cc1. The van der Waals surface area contributed by atoms with Gasteiger partial charge < -0.3 is 19.5 Å². The number of nitrogens with zero attached hydrogens (tertiary/aromatic N) is 1. The number of likely N-dealkylation sites (tertiary alicyclic amines) is 1. The number of aryl methyl sites for hydroxylation is 2. The van der Waals surface area contributed by atoms with Crippen LogP contribution in [0.1, 0.15) is 48.6 Å². The molecule has 1 saturated heterocycles. The molecule has 6 heteroatoms. The first-order chi connectivity index (χ1) is 15.7. The van der Waals surface area contributed by atoms with Gasteiger partial charge in [0.15, 0.2) is 0 Å². The second-order valence-corrected chi connectivity index (χ2v) is 8.93. The first-order valence-electron chi connectivity index (χ1n) is 11.3. The molecular formula is C27H33NO5. The minimum Gasteiger partial charge on any atom is -0.507 e. The Labute approximate surface area is 195 Å². The molecule has 2 aromatic carbocycles. The molecule has 2 aromatic rings. The predicted octanol–water partition coefficient (Wildman–Crippen LogP) is 4.80. The van der Waals surface area contributed by atoms with Crippen LogP contribution in [0.2, 0.25) is 0 Å². The molecule has 0 saturated carbocycles. The van der Waals surface area contributed by atoms with Crippen molar-refractivity contribution in [2.45, 2.75) is 40.2 Å². The van der Waals surface area contributed by atoms with Crippen molar-refractivity contribution in [1.82, 2.24) is 4.90 Å². The van der Waals surface area contributed by atoms with Gasteiger partial charge in [0.1, 0.15) is 11.5 Å². The summed E-state index contributed by atoms with van der Waals surface area (Å²) in [6.45, 7) is 9.39. The lowest BCUT2D eigenvalue weighted by Crippen LogP contribution is -2.31. The van der Waals surface area contributed by atoms with E-state index in [1.54, 1.807) is 19.2 Å². The summed E-state index contributed by atoms with van der Waals surface area (Å²) in [6.07, 6.45) is 0.590. The summed E-state index contributed by atoms with van der Waals surface area (Å²) in [7, 11) is 1.60. The number of benzene rings is 2. The van der Waals surface area contributed by atoms with Crippen LogP contribution in [0.5, 0.6) is 5.75 Å². The van der Waals surface area contributed by atoms with Crippen LogP contribution in [-0.4, -0.2) is 48.6 Å². The van der Waals surface area contributed by atoms with E-state index in [-0.39, 0.29) is 11.3 Å². The van der Waals surface area contributed by atoms with Gasteiger partial charge in [-0.2, -0.15) is 0 Å². The number of hydrogen-bond acceptors (Lipinski definition) is 5. The fraction of sp³-hybridized carbons (Fsp3) is 0.407. The lowest BCUT2D eigenvalue weighted by atomic mass is 9.93. The molecule has 1 fully saturated rings. The van der Waals surface area contributed by atoms with Crippen molar-refractivity contribution >= 4 is 17.4 Å². The zero-order chi connectivity index (χ0) is 24.1. The predicted molar refractivity (Wildman–Crippen MR) is 128 cm³/mol. The minimum absolute atomic E-state index is 0.111. The van der Waals surface area contributed by atoms with Crippen molar-refractivity contribution in [2.75, 3.05) is 26.9 Å². The Morgan fingerprint density at radius 3 is 2.39 bits per heavy atom. The highest BCUT2D eigenvalue weighted by atomic mass is 16.5. The second-order valence-electron chi connectivity index (χ2n) is 8.93. The highest BCUT2D eigenvalue weighted by molar-refractivity contribution is 6.46. The van der Waals surface area contributed by atoms with Gasteiger partial charge in [0.05, 0.1) is 18.2 Å². The fourth-order valence-corrected chi connectivity index (χ4v) is 3.98. The van der Waals surface area contributed by atoms with Crippen molar-refractivity contribution in [3.63, 3.8) is 0 Å². The number of Topliss-reactive ketones (excluding diaryl/α,β-unsaturated/α-hetero) is 1. The molecule has 3 rings (SSSR count). The maximum atomic E-state index is 13.1. The van der Waals surface area contributed by atoms with Crippen LogP contribution in [0.25, 0.3) is 5.76 Å². The standard InChI is InChI=1S/C27H33NO5/c1-17(2)16-33-21-11-12-22(19(4)15-21)25(29)23-24(20-9-7-18(3)8-10-20)28(13-6-14-32-5)27(31)26(23)30/h7-12,15,17,24,29H,6,13-14,16H2,1-5H3/b25-23+. The van der Waals surface area contributed by atoms with Gasteiger partial charge in [-0.05, 0) is 55.5 Å². The Bertz CT molecular complexity index is 1040. The Balaban J connectivity index is 2.05. The normalized spacial score (nSPS) is 17.8. The van der Waals surface area contributed by atoms with Crippen LogP contribution in [0.3, 0.4) is 0 Å². The molecule has 1 heterocycles.